The molecular formula is C16H15N5O2. The zero-order valence-electron chi connectivity index (χ0n) is 12.5. The predicted octanol–water partition coefficient (Wildman–Crippen LogP) is 1.99. The van der Waals surface area contributed by atoms with Gasteiger partial charge >= 0.3 is 0 Å². The lowest BCUT2D eigenvalue weighted by atomic mass is 10.2. The van der Waals surface area contributed by atoms with Crippen molar-refractivity contribution >= 4 is 11.6 Å². The predicted molar refractivity (Wildman–Crippen MR) is 84.5 cm³/mol. The number of carbonyl (C=O) groups is 1. The summed E-state index contributed by atoms with van der Waals surface area (Å²) in [7, 11) is 0. The highest BCUT2D eigenvalue weighted by molar-refractivity contribution is 5.91. The second-order valence-electron chi connectivity index (χ2n) is 4.92. The van der Waals surface area contributed by atoms with Crippen molar-refractivity contribution in [1.29, 1.82) is 0 Å². The number of aryl methyl sites for hydroxylation is 1. The summed E-state index contributed by atoms with van der Waals surface area (Å²) in [5, 5.41) is 10.3. The standard InChI is InChI=1S/C16H15N5O2/c1-12-4-5-15(14(7-12)21-10-18-19-11-21)23-9-16(22)20-13-3-2-6-17-8-13/h2-8,10-11H,9H2,1H3,(H,20,22). The molecule has 3 rings (SSSR count). The number of carbonyl (C=O) groups excluding carboxylic acids is 1. The van der Waals surface area contributed by atoms with Gasteiger partial charge in [-0.2, -0.15) is 0 Å². The van der Waals surface area contributed by atoms with Crippen molar-refractivity contribution in [1.82, 2.24) is 19.7 Å². The molecule has 23 heavy (non-hydrogen) atoms. The summed E-state index contributed by atoms with van der Waals surface area (Å²) >= 11 is 0. The number of hydrogen-bond acceptors (Lipinski definition) is 5. The molecule has 7 nitrogen and oxygen atoms in total. The van der Waals surface area contributed by atoms with Gasteiger partial charge in [-0.1, -0.05) is 6.07 Å². The van der Waals surface area contributed by atoms with Gasteiger partial charge in [-0.25, -0.2) is 0 Å². The van der Waals surface area contributed by atoms with Crippen molar-refractivity contribution in [3.05, 3.63) is 60.9 Å². The number of benzene rings is 1. The Morgan fingerprint density at radius 3 is 2.83 bits per heavy atom. The average Bonchev–Trinajstić information content (AvgIpc) is 3.09. The second-order valence-corrected chi connectivity index (χ2v) is 4.92. The van der Waals surface area contributed by atoms with Crippen LogP contribution in [0.15, 0.2) is 55.4 Å². The normalized spacial score (nSPS) is 10.3. The van der Waals surface area contributed by atoms with Crippen LogP contribution < -0.4 is 10.1 Å². The maximum atomic E-state index is 12.0. The highest BCUT2D eigenvalue weighted by Gasteiger charge is 2.09. The molecule has 0 aliphatic heterocycles. The van der Waals surface area contributed by atoms with Gasteiger partial charge in [0.2, 0.25) is 0 Å². The fourth-order valence-corrected chi connectivity index (χ4v) is 2.05. The molecule has 1 aromatic carbocycles. The quantitative estimate of drug-likeness (QED) is 0.779. The van der Waals surface area contributed by atoms with E-state index >= 15 is 0 Å². The van der Waals surface area contributed by atoms with Crippen LogP contribution in [0.5, 0.6) is 5.75 Å². The number of pyridine rings is 1. The van der Waals surface area contributed by atoms with Crippen LogP contribution in [-0.2, 0) is 4.79 Å². The number of hydrogen-bond donors (Lipinski definition) is 1. The molecule has 0 saturated heterocycles. The van der Waals surface area contributed by atoms with E-state index in [4.69, 9.17) is 4.74 Å². The van der Waals surface area contributed by atoms with Crippen LogP contribution in [0.25, 0.3) is 5.69 Å². The zero-order valence-corrected chi connectivity index (χ0v) is 12.5. The lowest BCUT2D eigenvalue weighted by molar-refractivity contribution is -0.118. The molecule has 2 aromatic heterocycles. The summed E-state index contributed by atoms with van der Waals surface area (Å²) in [4.78, 5) is 15.9. The monoisotopic (exact) mass is 309 g/mol. The molecule has 0 bridgehead atoms. The smallest absolute Gasteiger partial charge is 0.262 e. The number of aromatic nitrogens is 4. The SMILES string of the molecule is Cc1ccc(OCC(=O)Nc2cccnc2)c(-n2cnnc2)c1. The molecule has 3 aromatic rings. The van der Waals surface area contributed by atoms with Gasteiger partial charge in [-0.05, 0) is 36.8 Å². The van der Waals surface area contributed by atoms with E-state index in [1.165, 1.54) is 0 Å². The van der Waals surface area contributed by atoms with Gasteiger partial charge in [-0.3, -0.25) is 14.3 Å². The van der Waals surface area contributed by atoms with E-state index in [1.54, 1.807) is 41.7 Å². The Balaban J connectivity index is 1.70. The summed E-state index contributed by atoms with van der Waals surface area (Å²) in [6, 6.07) is 9.20. The van der Waals surface area contributed by atoms with Crippen LogP contribution in [0.2, 0.25) is 0 Å². The van der Waals surface area contributed by atoms with E-state index in [-0.39, 0.29) is 12.5 Å². The summed E-state index contributed by atoms with van der Waals surface area (Å²) in [5.74, 6) is 0.324. The van der Waals surface area contributed by atoms with E-state index in [0.717, 1.165) is 11.3 Å². The van der Waals surface area contributed by atoms with E-state index in [2.05, 4.69) is 20.5 Å². The number of nitrogens with zero attached hydrogens (tertiary/aromatic N) is 4. The van der Waals surface area contributed by atoms with Crippen molar-refractivity contribution in [3.63, 3.8) is 0 Å². The van der Waals surface area contributed by atoms with Crippen LogP contribution in [0, 0.1) is 6.92 Å². The van der Waals surface area contributed by atoms with Gasteiger partial charge in [0.05, 0.1) is 17.6 Å². The van der Waals surface area contributed by atoms with Crippen molar-refractivity contribution in [2.45, 2.75) is 6.92 Å². The molecule has 0 aliphatic carbocycles. The first kappa shape index (κ1) is 14.7. The lowest BCUT2D eigenvalue weighted by Crippen LogP contribution is -2.20. The molecule has 0 unspecified atom stereocenters. The molecule has 0 aliphatic rings. The largest absolute Gasteiger partial charge is 0.482 e. The molecule has 7 heteroatoms. The third kappa shape index (κ3) is 3.70. The first-order chi connectivity index (χ1) is 11.2. The van der Waals surface area contributed by atoms with Crippen LogP contribution in [0.4, 0.5) is 5.69 Å². The molecule has 2 heterocycles. The zero-order chi connectivity index (χ0) is 16.1. The minimum atomic E-state index is -0.256. The highest BCUT2D eigenvalue weighted by Crippen LogP contribution is 2.23. The van der Waals surface area contributed by atoms with Gasteiger partial charge in [0.15, 0.2) is 6.61 Å². The summed E-state index contributed by atoms with van der Waals surface area (Å²) < 4.78 is 7.38. The third-order valence-corrected chi connectivity index (χ3v) is 3.12. The van der Waals surface area contributed by atoms with Gasteiger partial charge in [-0.15, -0.1) is 10.2 Å². The number of amides is 1. The van der Waals surface area contributed by atoms with E-state index in [0.29, 0.717) is 11.4 Å². The fraction of sp³-hybridized carbons (Fsp3) is 0.125. The van der Waals surface area contributed by atoms with Gasteiger partial charge < -0.3 is 10.1 Å². The average molecular weight is 309 g/mol. The number of ether oxygens (including phenoxy) is 1. The van der Waals surface area contributed by atoms with Crippen LogP contribution >= 0.6 is 0 Å². The van der Waals surface area contributed by atoms with Crippen molar-refractivity contribution < 1.29 is 9.53 Å². The Labute approximate surface area is 133 Å². The Kier molecular flexibility index (Phi) is 4.28. The summed E-state index contributed by atoms with van der Waals surface area (Å²) in [5.41, 5.74) is 2.48. The van der Waals surface area contributed by atoms with Gasteiger partial charge in [0.1, 0.15) is 18.4 Å². The molecule has 0 saturated carbocycles. The number of anilines is 1. The van der Waals surface area contributed by atoms with E-state index in [1.807, 2.05) is 25.1 Å². The maximum Gasteiger partial charge on any atom is 0.262 e. The van der Waals surface area contributed by atoms with E-state index < -0.39 is 0 Å². The van der Waals surface area contributed by atoms with Gasteiger partial charge in [0, 0.05) is 6.20 Å². The molecule has 116 valence electrons. The van der Waals surface area contributed by atoms with E-state index in [9.17, 15) is 4.79 Å². The van der Waals surface area contributed by atoms with Crippen LogP contribution in [0.1, 0.15) is 5.56 Å². The highest BCUT2D eigenvalue weighted by atomic mass is 16.5. The molecule has 0 atom stereocenters. The Hall–Kier alpha value is -3.22. The first-order valence-electron chi connectivity index (χ1n) is 7.01. The van der Waals surface area contributed by atoms with Crippen molar-refractivity contribution in [2.24, 2.45) is 0 Å². The number of nitrogens with one attached hydrogen (secondary N) is 1. The van der Waals surface area contributed by atoms with Crippen LogP contribution in [-0.4, -0.2) is 32.3 Å². The minimum Gasteiger partial charge on any atom is -0.482 e. The molecule has 0 radical (unpaired) electrons. The summed E-state index contributed by atoms with van der Waals surface area (Å²) in [6.45, 7) is 1.87. The lowest BCUT2D eigenvalue weighted by Gasteiger charge is -2.12. The topological polar surface area (TPSA) is 81.9 Å². The first-order valence-corrected chi connectivity index (χ1v) is 7.01. The number of rotatable bonds is 5. The maximum absolute atomic E-state index is 12.0. The van der Waals surface area contributed by atoms with Gasteiger partial charge in [0.25, 0.3) is 5.91 Å². The fourth-order valence-electron chi connectivity index (χ4n) is 2.05. The Morgan fingerprint density at radius 2 is 2.09 bits per heavy atom. The summed E-state index contributed by atoms with van der Waals surface area (Å²) in [6.07, 6.45) is 6.38. The molecule has 1 amide bonds. The van der Waals surface area contributed by atoms with Crippen molar-refractivity contribution in [3.8, 4) is 11.4 Å². The Bertz CT molecular complexity index is 787. The molecule has 0 spiro atoms. The van der Waals surface area contributed by atoms with Crippen molar-refractivity contribution in [2.75, 3.05) is 11.9 Å². The second kappa shape index (κ2) is 6.69. The molecule has 1 N–H and O–H groups in total. The van der Waals surface area contributed by atoms with Crippen LogP contribution in [0.3, 0.4) is 0 Å². The molecule has 0 fully saturated rings. The third-order valence-electron chi connectivity index (χ3n) is 3.12. The Morgan fingerprint density at radius 1 is 1.26 bits per heavy atom. The minimum absolute atomic E-state index is 0.104. The molecular weight excluding hydrogens is 294 g/mol.